The van der Waals surface area contributed by atoms with Gasteiger partial charge in [0.05, 0.1) is 0 Å². The average molecular weight is 323 g/mol. The lowest BCUT2D eigenvalue weighted by molar-refractivity contribution is 0.723. The fraction of sp³-hybridized carbons (Fsp3) is 0.214. The molecule has 1 aromatic carbocycles. The first-order valence-corrected chi connectivity index (χ1v) is 7.48. The topological polar surface area (TPSA) is 24.9 Å². The summed E-state index contributed by atoms with van der Waals surface area (Å²) in [5, 5.41) is 4.30. The number of pyridine rings is 1. The van der Waals surface area contributed by atoms with E-state index in [0.29, 0.717) is 0 Å². The Morgan fingerprint density at radius 1 is 1.22 bits per heavy atom. The van der Waals surface area contributed by atoms with Crippen LogP contribution in [0.5, 0.6) is 0 Å². The van der Waals surface area contributed by atoms with Crippen LogP contribution in [0.2, 0.25) is 0 Å². The number of nitrogens with one attached hydrogen (secondary N) is 1. The Morgan fingerprint density at radius 2 is 2.06 bits per heavy atom. The van der Waals surface area contributed by atoms with Crippen LogP contribution in [0.1, 0.15) is 12.5 Å². The van der Waals surface area contributed by atoms with Crippen molar-refractivity contribution in [2.45, 2.75) is 23.4 Å². The van der Waals surface area contributed by atoms with E-state index in [2.05, 4.69) is 51.4 Å². The number of halogens is 1. The van der Waals surface area contributed by atoms with Gasteiger partial charge in [-0.15, -0.1) is 0 Å². The smallest absolute Gasteiger partial charge is 0.101 e. The second kappa shape index (κ2) is 6.92. The molecule has 0 unspecified atom stereocenters. The summed E-state index contributed by atoms with van der Waals surface area (Å²) in [5.41, 5.74) is 1.22. The number of benzene rings is 1. The molecule has 0 saturated heterocycles. The first-order valence-electron chi connectivity index (χ1n) is 5.87. The van der Waals surface area contributed by atoms with Crippen LogP contribution in [-0.2, 0) is 6.54 Å². The van der Waals surface area contributed by atoms with Crippen molar-refractivity contribution in [3.8, 4) is 0 Å². The van der Waals surface area contributed by atoms with E-state index in [9.17, 15) is 0 Å². The maximum Gasteiger partial charge on any atom is 0.101 e. The maximum atomic E-state index is 4.47. The molecule has 0 spiro atoms. The predicted molar refractivity (Wildman–Crippen MR) is 79.9 cm³/mol. The molecule has 2 nitrogen and oxygen atoms in total. The molecule has 1 heterocycles. The lowest BCUT2D eigenvalue weighted by Gasteiger charge is -2.05. The fourth-order valence-corrected chi connectivity index (χ4v) is 2.79. The summed E-state index contributed by atoms with van der Waals surface area (Å²) < 4.78 is 1.11. The van der Waals surface area contributed by atoms with Gasteiger partial charge in [-0.05, 0) is 46.2 Å². The molecule has 1 N–H and O–H groups in total. The normalized spacial score (nSPS) is 10.6. The lowest BCUT2D eigenvalue weighted by atomic mass is 10.3. The van der Waals surface area contributed by atoms with Crippen LogP contribution in [0.25, 0.3) is 0 Å². The van der Waals surface area contributed by atoms with Crippen LogP contribution in [0, 0.1) is 0 Å². The van der Waals surface area contributed by atoms with Crippen molar-refractivity contribution < 1.29 is 0 Å². The minimum absolute atomic E-state index is 0.878. The first-order chi connectivity index (χ1) is 8.79. The van der Waals surface area contributed by atoms with E-state index in [1.807, 2.05) is 24.4 Å². The van der Waals surface area contributed by atoms with Crippen molar-refractivity contribution in [3.05, 3.63) is 52.6 Å². The Labute approximate surface area is 120 Å². The second-order valence-electron chi connectivity index (χ2n) is 3.82. The summed E-state index contributed by atoms with van der Waals surface area (Å²) in [7, 11) is 0. The van der Waals surface area contributed by atoms with Gasteiger partial charge < -0.3 is 5.32 Å². The van der Waals surface area contributed by atoms with E-state index in [1.165, 1.54) is 10.5 Å². The largest absolute Gasteiger partial charge is 0.313 e. The van der Waals surface area contributed by atoms with Gasteiger partial charge in [0.15, 0.2) is 0 Å². The summed E-state index contributed by atoms with van der Waals surface area (Å²) in [6.45, 7) is 3.96. The van der Waals surface area contributed by atoms with E-state index < -0.39 is 0 Å². The van der Waals surface area contributed by atoms with Gasteiger partial charge in [-0.2, -0.15) is 0 Å². The average Bonchev–Trinajstić information content (AvgIpc) is 2.41. The number of nitrogens with zero attached hydrogens (tertiary/aromatic N) is 1. The van der Waals surface area contributed by atoms with Crippen molar-refractivity contribution in [1.82, 2.24) is 10.3 Å². The molecule has 0 fully saturated rings. The van der Waals surface area contributed by atoms with Gasteiger partial charge in [0.2, 0.25) is 0 Å². The Balaban J connectivity index is 2.04. The van der Waals surface area contributed by atoms with Crippen molar-refractivity contribution in [2.75, 3.05) is 6.54 Å². The SMILES string of the molecule is CCNCc1ccc(Sc2ccccc2Br)nc1. The maximum absolute atomic E-state index is 4.47. The molecule has 0 aliphatic heterocycles. The molecular weight excluding hydrogens is 308 g/mol. The van der Waals surface area contributed by atoms with Crippen LogP contribution in [-0.4, -0.2) is 11.5 Å². The van der Waals surface area contributed by atoms with Gasteiger partial charge in [-0.1, -0.05) is 36.9 Å². The molecule has 1 aromatic heterocycles. The molecule has 2 aromatic rings. The lowest BCUT2D eigenvalue weighted by Crippen LogP contribution is -2.11. The Bertz CT molecular complexity index is 499. The third kappa shape index (κ3) is 3.83. The van der Waals surface area contributed by atoms with E-state index in [-0.39, 0.29) is 0 Å². The van der Waals surface area contributed by atoms with Crippen molar-refractivity contribution in [3.63, 3.8) is 0 Å². The number of hydrogen-bond donors (Lipinski definition) is 1. The third-order valence-electron chi connectivity index (χ3n) is 2.43. The zero-order chi connectivity index (χ0) is 12.8. The summed E-state index contributed by atoms with van der Waals surface area (Å²) in [4.78, 5) is 5.65. The van der Waals surface area contributed by atoms with Crippen molar-refractivity contribution >= 4 is 27.7 Å². The predicted octanol–water partition coefficient (Wildman–Crippen LogP) is 4.10. The molecule has 0 aliphatic rings. The minimum atomic E-state index is 0.878. The highest BCUT2D eigenvalue weighted by molar-refractivity contribution is 9.10. The highest BCUT2D eigenvalue weighted by Crippen LogP contribution is 2.31. The number of hydrogen-bond acceptors (Lipinski definition) is 3. The van der Waals surface area contributed by atoms with Crippen LogP contribution >= 0.6 is 27.7 Å². The van der Waals surface area contributed by atoms with Crippen LogP contribution in [0.15, 0.2) is 57.0 Å². The quantitative estimate of drug-likeness (QED) is 0.896. The highest BCUT2D eigenvalue weighted by atomic mass is 79.9. The summed E-state index contributed by atoms with van der Waals surface area (Å²) in [5.74, 6) is 0. The van der Waals surface area contributed by atoms with Gasteiger partial charge in [0.1, 0.15) is 5.03 Å². The van der Waals surface area contributed by atoms with E-state index in [0.717, 1.165) is 22.6 Å². The standard InChI is InChI=1S/C14H15BrN2S/c1-2-16-9-11-7-8-14(17-10-11)18-13-6-4-3-5-12(13)15/h3-8,10,16H,2,9H2,1H3. The molecule has 0 saturated carbocycles. The van der Waals surface area contributed by atoms with Crippen molar-refractivity contribution in [1.29, 1.82) is 0 Å². The minimum Gasteiger partial charge on any atom is -0.313 e. The number of aromatic nitrogens is 1. The molecular formula is C14H15BrN2S. The zero-order valence-electron chi connectivity index (χ0n) is 10.2. The van der Waals surface area contributed by atoms with E-state index in [4.69, 9.17) is 0 Å². The summed E-state index contributed by atoms with van der Waals surface area (Å²) in [6.07, 6.45) is 1.93. The van der Waals surface area contributed by atoms with Gasteiger partial charge in [-0.25, -0.2) is 4.98 Å². The molecule has 0 aliphatic carbocycles. The monoisotopic (exact) mass is 322 g/mol. The zero-order valence-corrected chi connectivity index (χ0v) is 12.6. The Hall–Kier alpha value is -0.840. The molecule has 0 atom stereocenters. The molecule has 94 valence electrons. The van der Waals surface area contributed by atoms with Crippen molar-refractivity contribution in [2.24, 2.45) is 0 Å². The Morgan fingerprint density at radius 3 is 2.72 bits per heavy atom. The molecule has 18 heavy (non-hydrogen) atoms. The van der Waals surface area contributed by atoms with E-state index in [1.54, 1.807) is 11.8 Å². The second-order valence-corrected chi connectivity index (χ2v) is 5.73. The Kier molecular flexibility index (Phi) is 5.23. The molecule has 0 amide bonds. The fourth-order valence-electron chi connectivity index (χ4n) is 1.49. The molecule has 0 bridgehead atoms. The third-order valence-corrected chi connectivity index (χ3v) is 4.41. The van der Waals surface area contributed by atoms with E-state index >= 15 is 0 Å². The summed E-state index contributed by atoms with van der Waals surface area (Å²) >= 11 is 5.21. The summed E-state index contributed by atoms with van der Waals surface area (Å²) in [6, 6.07) is 12.4. The molecule has 2 rings (SSSR count). The van der Waals surface area contributed by atoms with Gasteiger partial charge in [0, 0.05) is 22.1 Å². The van der Waals surface area contributed by atoms with Crippen LogP contribution in [0.3, 0.4) is 0 Å². The molecule has 4 heteroatoms. The van der Waals surface area contributed by atoms with Crippen LogP contribution in [0.4, 0.5) is 0 Å². The van der Waals surface area contributed by atoms with Gasteiger partial charge in [0.25, 0.3) is 0 Å². The number of rotatable bonds is 5. The molecule has 0 radical (unpaired) electrons. The van der Waals surface area contributed by atoms with Crippen LogP contribution < -0.4 is 5.32 Å². The highest BCUT2D eigenvalue weighted by Gasteiger charge is 2.02. The first kappa shape index (κ1) is 13.6. The van der Waals surface area contributed by atoms with Gasteiger partial charge >= 0.3 is 0 Å². The van der Waals surface area contributed by atoms with Gasteiger partial charge in [-0.3, -0.25) is 0 Å².